The van der Waals surface area contributed by atoms with Crippen LogP contribution in [0.1, 0.15) is 38.5 Å². The van der Waals surface area contributed by atoms with Crippen molar-refractivity contribution >= 4 is 11.6 Å². The van der Waals surface area contributed by atoms with E-state index in [-0.39, 0.29) is 24.0 Å². The molecule has 0 radical (unpaired) electrons. The van der Waals surface area contributed by atoms with Crippen LogP contribution in [-0.2, 0) is 4.79 Å². The number of hydrogen-bond donors (Lipinski definition) is 2. The van der Waals surface area contributed by atoms with Gasteiger partial charge < -0.3 is 20.1 Å². The standard InChI is InChI=1S/C19H28N2O3/c1-21-12-10-14(11-13-21)19(23)20-15-6-8-16(9-7-15)24-18-5-3-2-4-17(18)22/h6-9,14,17-18,22H,2-5,10-13H2,1H3,(H,20,23). The molecule has 5 nitrogen and oxygen atoms in total. The Morgan fingerprint density at radius 2 is 1.79 bits per heavy atom. The normalized spacial score (nSPS) is 26.1. The zero-order valence-electron chi connectivity index (χ0n) is 14.4. The van der Waals surface area contributed by atoms with E-state index in [0.29, 0.717) is 0 Å². The number of amides is 1. The van der Waals surface area contributed by atoms with E-state index in [9.17, 15) is 9.90 Å². The zero-order valence-corrected chi connectivity index (χ0v) is 14.4. The molecule has 24 heavy (non-hydrogen) atoms. The molecule has 1 aromatic rings. The Kier molecular flexibility index (Phi) is 5.74. The van der Waals surface area contributed by atoms with Crippen LogP contribution in [0.5, 0.6) is 5.75 Å². The van der Waals surface area contributed by atoms with E-state index >= 15 is 0 Å². The smallest absolute Gasteiger partial charge is 0.227 e. The molecule has 3 rings (SSSR count). The summed E-state index contributed by atoms with van der Waals surface area (Å²) in [7, 11) is 2.09. The first-order valence-electron chi connectivity index (χ1n) is 9.06. The molecule has 0 bridgehead atoms. The number of likely N-dealkylation sites (tertiary alicyclic amines) is 1. The third-order valence-corrected chi connectivity index (χ3v) is 5.17. The van der Waals surface area contributed by atoms with E-state index in [4.69, 9.17) is 4.74 Å². The third-order valence-electron chi connectivity index (χ3n) is 5.17. The Morgan fingerprint density at radius 1 is 1.12 bits per heavy atom. The molecule has 0 aromatic heterocycles. The van der Waals surface area contributed by atoms with Crippen molar-refractivity contribution in [2.75, 3.05) is 25.5 Å². The van der Waals surface area contributed by atoms with Crippen LogP contribution < -0.4 is 10.1 Å². The van der Waals surface area contributed by atoms with Crippen molar-refractivity contribution in [1.82, 2.24) is 4.90 Å². The average Bonchev–Trinajstić information content (AvgIpc) is 2.59. The molecule has 1 saturated heterocycles. The minimum Gasteiger partial charge on any atom is -0.488 e. The van der Waals surface area contributed by atoms with Gasteiger partial charge in [0, 0.05) is 11.6 Å². The zero-order chi connectivity index (χ0) is 16.9. The fourth-order valence-electron chi connectivity index (χ4n) is 3.52. The van der Waals surface area contributed by atoms with Crippen LogP contribution in [0.25, 0.3) is 0 Å². The van der Waals surface area contributed by atoms with Gasteiger partial charge in [0.15, 0.2) is 0 Å². The van der Waals surface area contributed by atoms with Gasteiger partial charge in [0.05, 0.1) is 6.10 Å². The maximum atomic E-state index is 12.3. The molecular weight excluding hydrogens is 304 g/mol. The van der Waals surface area contributed by atoms with Gasteiger partial charge >= 0.3 is 0 Å². The molecule has 1 heterocycles. The Morgan fingerprint density at radius 3 is 2.46 bits per heavy atom. The molecule has 0 spiro atoms. The van der Waals surface area contributed by atoms with Crippen LogP contribution in [0.4, 0.5) is 5.69 Å². The fourth-order valence-corrected chi connectivity index (χ4v) is 3.52. The third kappa shape index (κ3) is 4.48. The largest absolute Gasteiger partial charge is 0.488 e. The van der Waals surface area contributed by atoms with Gasteiger partial charge in [0.2, 0.25) is 5.91 Å². The van der Waals surface area contributed by atoms with Gasteiger partial charge in [-0.05, 0) is 76.5 Å². The van der Waals surface area contributed by atoms with Gasteiger partial charge in [-0.15, -0.1) is 0 Å². The number of aliphatic hydroxyl groups excluding tert-OH is 1. The molecule has 2 fully saturated rings. The summed E-state index contributed by atoms with van der Waals surface area (Å²) < 4.78 is 5.89. The number of rotatable bonds is 4. The maximum absolute atomic E-state index is 12.3. The van der Waals surface area contributed by atoms with Crippen molar-refractivity contribution in [3.05, 3.63) is 24.3 Å². The first-order valence-corrected chi connectivity index (χ1v) is 9.06. The summed E-state index contributed by atoms with van der Waals surface area (Å²) >= 11 is 0. The van der Waals surface area contributed by atoms with E-state index in [1.165, 1.54) is 0 Å². The van der Waals surface area contributed by atoms with E-state index in [1.54, 1.807) is 0 Å². The number of ether oxygens (including phenoxy) is 1. The molecule has 1 aliphatic heterocycles. The van der Waals surface area contributed by atoms with E-state index in [0.717, 1.165) is 63.1 Å². The summed E-state index contributed by atoms with van der Waals surface area (Å²) in [6.07, 6.45) is 5.24. The molecule has 1 aromatic carbocycles. The topological polar surface area (TPSA) is 61.8 Å². The van der Waals surface area contributed by atoms with Gasteiger partial charge in [-0.2, -0.15) is 0 Å². The molecule has 1 saturated carbocycles. The van der Waals surface area contributed by atoms with Crippen LogP contribution in [0, 0.1) is 5.92 Å². The number of carbonyl (C=O) groups is 1. The first-order chi connectivity index (χ1) is 11.6. The van der Waals surface area contributed by atoms with Gasteiger partial charge in [0.1, 0.15) is 11.9 Å². The number of carbonyl (C=O) groups excluding carboxylic acids is 1. The summed E-state index contributed by atoms with van der Waals surface area (Å²) in [5.41, 5.74) is 0.801. The van der Waals surface area contributed by atoms with Crippen LogP contribution in [0.3, 0.4) is 0 Å². The molecule has 2 unspecified atom stereocenters. The lowest BCUT2D eigenvalue weighted by atomic mass is 9.95. The molecule has 2 N–H and O–H groups in total. The van der Waals surface area contributed by atoms with E-state index in [1.807, 2.05) is 24.3 Å². The van der Waals surface area contributed by atoms with Crippen molar-refractivity contribution in [1.29, 1.82) is 0 Å². The SMILES string of the molecule is CN1CCC(C(=O)Nc2ccc(OC3CCCCC3O)cc2)CC1. The molecule has 1 aliphatic carbocycles. The summed E-state index contributed by atoms with van der Waals surface area (Å²) in [6, 6.07) is 7.48. The minimum atomic E-state index is -0.373. The monoisotopic (exact) mass is 332 g/mol. The predicted molar refractivity (Wildman–Crippen MR) is 94.2 cm³/mol. The fraction of sp³-hybridized carbons (Fsp3) is 0.632. The molecule has 1 amide bonds. The van der Waals surface area contributed by atoms with Crippen LogP contribution in [0.15, 0.2) is 24.3 Å². The number of hydrogen-bond acceptors (Lipinski definition) is 4. The van der Waals surface area contributed by atoms with Crippen LogP contribution in [0.2, 0.25) is 0 Å². The number of anilines is 1. The van der Waals surface area contributed by atoms with Crippen LogP contribution in [-0.4, -0.2) is 48.3 Å². The number of aliphatic hydroxyl groups is 1. The van der Waals surface area contributed by atoms with Crippen molar-refractivity contribution in [3.8, 4) is 5.75 Å². The minimum absolute atomic E-state index is 0.106. The number of nitrogens with zero attached hydrogens (tertiary/aromatic N) is 1. The summed E-state index contributed by atoms with van der Waals surface area (Å²) in [6.45, 7) is 1.96. The summed E-state index contributed by atoms with van der Waals surface area (Å²) in [4.78, 5) is 14.6. The molecule has 132 valence electrons. The van der Waals surface area contributed by atoms with Crippen molar-refractivity contribution in [2.45, 2.75) is 50.7 Å². The van der Waals surface area contributed by atoms with Gasteiger partial charge in [-0.1, -0.05) is 6.42 Å². The maximum Gasteiger partial charge on any atom is 0.227 e. The van der Waals surface area contributed by atoms with Gasteiger partial charge in [-0.25, -0.2) is 0 Å². The second-order valence-corrected chi connectivity index (χ2v) is 7.10. The Hall–Kier alpha value is -1.59. The lowest BCUT2D eigenvalue weighted by Gasteiger charge is -2.28. The van der Waals surface area contributed by atoms with Crippen molar-refractivity contribution < 1.29 is 14.6 Å². The summed E-state index contributed by atoms with van der Waals surface area (Å²) in [5.74, 6) is 0.965. The average molecular weight is 332 g/mol. The highest BCUT2D eigenvalue weighted by molar-refractivity contribution is 5.92. The number of piperidine rings is 1. The highest BCUT2D eigenvalue weighted by Crippen LogP contribution is 2.25. The lowest BCUT2D eigenvalue weighted by Crippen LogP contribution is -2.35. The predicted octanol–water partition coefficient (Wildman–Crippen LogP) is 2.65. The van der Waals surface area contributed by atoms with Crippen molar-refractivity contribution in [3.63, 3.8) is 0 Å². The molecular formula is C19H28N2O3. The van der Waals surface area contributed by atoms with Crippen molar-refractivity contribution in [2.24, 2.45) is 5.92 Å². The van der Waals surface area contributed by atoms with Crippen LogP contribution >= 0.6 is 0 Å². The van der Waals surface area contributed by atoms with Gasteiger partial charge in [0.25, 0.3) is 0 Å². The highest BCUT2D eigenvalue weighted by atomic mass is 16.5. The van der Waals surface area contributed by atoms with E-state index in [2.05, 4.69) is 17.3 Å². The Bertz CT molecular complexity index is 538. The molecule has 2 atom stereocenters. The lowest BCUT2D eigenvalue weighted by molar-refractivity contribution is -0.121. The number of benzene rings is 1. The second kappa shape index (κ2) is 7.99. The molecule has 2 aliphatic rings. The molecule has 5 heteroatoms. The van der Waals surface area contributed by atoms with E-state index < -0.39 is 0 Å². The quantitative estimate of drug-likeness (QED) is 0.890. The summed E-state index contributed by atoms with van der Waals surface area (Å²) in [5, 5.41) is 13.0. The Balaban J connectivity index is 1.51. The number of nitrogens with one attached hydrogen (secondary N) is 1. The second-order valence-electron chi connectivity index (χ2n) is 7.10. The van der Waals surface area contributed by atoms with Gasteiger partial charge in [-0.3, -0.25) is 4.79 Å². The highest BCUT2D eigenvalue weighted by Gasteiger charge is 2.25. The Labute approximate surface area is 144 Å². The first kappa shape index (κ1) is 17.2.